The molecule has 5 fully saturated rings. The van der Waals surface area contributed by atoms with Crippen LogP contribution in [-0.4, -0.2) is 42.9 Å². The summed E-state index contributed by atoms with van der Waals surface area (Å²) in [5.41, 5.74) is 0.463. The molecule has 0 aromatic rings. The summed E-state index contributed by atoms with van der Waals surface area (Å²) in [5, 5.41) is 0. The van der Waals surface area contributed by atoms with Gasteiger partial charge < -0.3 is 18.9 Å². The number of fused-ring (bicyclic) bond motifs is 2. The van der Waals surface area contributed by atoms with Gasteiger partial charge in [0.25, 0.3) is 0 Å². The Bertz CT molecular complexity index is 513. The van der Waals surface area contributed by atoms with Gasteiger partial charge in [-0.15, -0.1) is 0 Å². The molecule has 0 amide bonds. The van der Waals surface area contributed by atoms with E-state index in [4.69, 9.17) is 18.9 Å². The van der Waals surface area contributed by atoms with Gasteiger partial charge in [-0.3, -0.25) is 0 Å². The maximum Gasteiger partial charge on any atom is 0.160 e. The van der Waals surface area contributed by atoms with E-state index >= 15 is 0 Å². The van der Waals surface area contributed by atoms with E-state index in [1.165, 1.54) is 0 Å². The van der Waals surface area contributed by atoms with Gasteiger partial charge >= 0.3 is 0 Å². The second-order valence-corrected chi connectivity index (χ2v) is 9.49. The number of hydrogen-bond donors (Lipinski definition) is 0. The van der Waals surface area contributed by atoms with E-state index < -0.39 is 0 Å². The minimum atomic E-state index is -0.0370. The molecule has 0 aromatic carbocycles. The van der Waals surface area contributed by atoms with Crippen molar-refractivity contribution in [3.05, 3.63) is 0 Å². The third-order valence-electron chi connectivity index (χ3n) is 7.87. The van der Waals surface area contributed by atoms with E-state index in [0.717, 1.165) is 38.9 Å². The molecule has 0 radical (unpaired) electrons. The van der Waals surface area contributed by atoms with Crippen molar-refractivity contribution in [2.24, 2.45) is 23.2 Å². The lowest BCUT2D eigenvalue weighted by Crippen LogP contribution is -2.53. The molecule has 4 heteroatoms. The van der Waals surface area contributed by atoms with Crippen LogP contribution in [0.4, 0.5) is 0 Å². The molecule has 4 nitrogen and oxygen atoms in total. The fraction of sp³-hybridized carbons (Fsp3) is 1.00. The number of hydrogen-bond acceptors (Lipinski definition) is 4. The molecular weight excluding hydrogens is 292 g/mol. The summed E-state index contributed by atoms with van der Waals surface area (Å²) in [5.74, 6) is 1.62. The van der Waals surface area contributed by atoms with Crippen molar-refractivity contribution in [1.29, 1.82) is 0 Å². The molecule has 7 unspecified atom stereocenters. The van der Waals surface area contributed by atoms with Crippen molar-refractivity contribution in [2.75, 3.05) is 13.2 Å². The average molecular weight is 322 g/mol. The summed E-state index contributed by atoms with van der Waals surface area (Å²) >= 11 is 0. The Hall–Kier alpha value is -0.160. The first-order valence-electron chi connectivity index (χ1n) is 9.44. The third-order valence-corrected chi connectivity index (χ3v) is 7.87. The molecule has 130 valence electrons. The first kappa shape index (κ1) is 15.1. The maximum absolute atomic E-state index is 6.32. The van der Waals surface area contributed by atoms with E-state index in [9.17, 15) is 0 Å². The molecule has 2 saturated carbocycles. The molecule has 0 N–H and O–H groups in total. The van der Waals surface area contributed by atoms with E-state index in [2.05, 4.69) is 27.7 Å². The zero-order valence-corrected chi connectivity index (χ0v) is 14.8. The van der Waals surface area contributed by atoms with Crippen molar-refractivity contribution < 1.29 is 18.9 Å². The Morgan fingerprint density at radius 2 is 1.65 bits per heavy atom. The highest BCUT2D eigenvalue weighted by atomic mass is 16.7. The van der Waals surface area contributed by atoms with Crippen LogP contribution in [-0.2, 0) is 18.9 Å². The van der Waals surface area contributed by atoms with Gasteiger partial charge in [0.15, 0.2) is 6.29 Å². The molecule has 23 heavy (non-hydrogen) atoms. The van der Waals surface area contributed by atoms with Crippen molar-refractivity contribution in [3.63, 3.8) is 0 Å². The highest BCUT2D eigenvalue weighted by Gasteiger charge is 2.64. The smallest absolute Gasteiger partial charge is 0.160 e. The van der Waals surface area contributed by atoms with E-state index in [1.54, 1.807) is 0 Å². The Morgan fingerprint density at radius 1 is 0.913 bits per heavy atom. The molecule has 3 heterocycles. The van der Waals surface area contributed by atoms with Gasteiger partial charge in [0.2, 0.25) is 0 Å². The highest BCUT2D eigenvalue weighted by Crippen LogP contribution is 2.58. The lowest BCUT2D eigenvalue weighted by Gasteiger charge is -2.48. The molecule has 3 aliphatic heterocycles. The maximum atomic E-state index is 6.32. The minimum Gasteiger partial charge on any atom is -0.366 e. The Morgan fingerprint density at radius 3 is 2.39 bits per heavy atom. The predicted octanol–water partition coefficient (Wildman–Crippen LogP) is 3.14. The monoisotopic (exact) mass is 322 g/mol. The fourth-order valence-corrected chi connectivity index (χ4v) is 5.80. The summed E-state index contributed by atoms with van der Waals surface area (Å²) in [6.45, 7) is 10.8. The van der Waals surface area contributed by atoms with E-state index in [0.29, 0.717) is 30.0 Å². The summed E-state index contributed by atoms with van der Waals surface area (Å²) in [6.07, 6.45) is 5.35. The average Bonchev–Trinajstić information content (AvgIpc) is 3.37. The summed E-state index contributed by atoms with van der Waals surface area (Å²) in [4.78, 5) is 0. The standard InChI is InChI=1S/C19H30O4/c1-11-7-18(4)14(22-18)8-19(11)9-20-16(21-10-19)13-5-6-17(3)15(23-17)12(13)2/h11-16H,5-10H2,1-4H3. The largest absolute Gasteiger partial charge is 0.366 e. The third kappa shape index (κ3) is 2.11. The van der Waals surface area contributed by atoms with E-state index in [-0.39, 0.29) is 22.9 Å². The molecule has 5 aliphatic rings. The van der Waals surface area contributed by atoms with Crippen LogP contribution in [0, 0.1) is 23.2 Å². The molecule has 1 spiro atoms. The summed E-state index contributed by atoms with van der Waals surface area (Å²) in [7, 11) is 0. The Kier molecular flexibility index (Phi) is 2.97. The lowest BCUT2D eigenvalue weighted by molar-refractivity contribution is -0.271. The van der Waals surface area contributed by atoms with Crippen molar-refractivity contribution in [2.45, 2.75) is 83.1 Å². The number of epoxide rings is 2. The van der Waals surface area contributed by atoms with Crippen LogP contribution in [0.2, 0.25) is 0 Å². The highest BCUT2D eigenvalue weighted by molar-refractivity contribution is 5.11. The first-order chi connectivity index (χ1) is 10.9. The molecule has 0 aromatic heterocycles. The molecule has 2 aliphatic carbocycles. The second kappa shape index (κ2) is 4.51. The number of rotatable bonds is 1. The lowest BCUT2D eigenvalue weighted by atomic mass is 9.64. The van der Waals surface area contributed by atoms with Gasteiger partial charge in [-0.2, -0.15) is 0 Å². The Labute approximate surface area is 139 Å². The molecule has 7 atom stereocenters. The van der Waals surface area contributed by atoms with Crippen LogP contribution in [0.1, 0.15) is 53.4 Å². The summed E-state index contributed by atoms with van der Waals surface area (Å²) < 4.78 is 24.5. The molecular formula is C19H30O4. The fourth-order valence-electron chi connectivity index (χ4n) is 5.80. The normalized spacial score (nSPS) is 64.2. The predicted molar refractivity (Wildman–Crippen MR) is 85.0 cm³/mol. The molecule has 5 rings (SSSR count). The van der Waals surface area contributed by atoms with Crippen LogP contribution in [0.5, 0.6) is 0 Å². The number of ether oxygens (including phenoxy) is 4. The van der Waals surface area contributed by atoms with Gasteiger partial charge in [-0.05, 0) is 51.4 Å². The first-order valence-corrected chi connectivity index (χ1v) is 9.44. The quantitative estimate of drug-likeness (QED) is 0.696. The zero-order valence-electron chi connectivity index (χ0n) is 14.8. The Balaban J connectivity index is 1.25. The van der Waals surface area contributed by atoms with Gasteiger partial charge in [-0.25, -0.2) is 0 Å². The van der Waals surface area contributed by atoms with E-state index in [1.807, 2.05) is 0 Å². The minimum absolute atomic E-state index is 0.0370. The van der Waals surface area contributed by atoms with Crippen molar-refractivity contribution >= 4 is 0 Å². The second-order valence-electron chi connectivity index (χ2n) is 9.49. The van der Waals surface area contributed by atoms with Gasteiger partial charge in [0.1, 0.15) is 0 Å². The van der Waals surface area contributed by atoms with Crippen LogP contribution in [0.25, 0.3) is 0 Å². The van der Waals surface area contributed by atoms with Crippen LogP contribution < -0.4 is 0 Å². The summed E-state index contributed by atoms with van der Waals surface area (Å²) in [6, 6.07) is 0. The van der Waals surface area contributed by atoms with Crippen molar-refractivity contribution in [1.82, 2.24) is 0 Å². The van der Waals surface area contributed by atoms with Crippen LogP contribution in [0.15, 0.2) is 0 Å². The molecule has 3 saturated heterocycles. The van der Waals surface area contributed by atoms with Crippen LogP contribution in [0.3, 0.4) is 0 Å². The zero-order chi connectivity index (χ0) is 16.0. The van der Waals surface area contributed by atoms with Crippen molar-refractivity contribution in [3.8, 4) is 0 Å². The molecule has 0 bridgehead atoms. The van der Waals surface area contributed by atoms with Crippen LogP contribution >= 0.6 is 0 Å². The van der Waals surface area contributed by atoms with Gasteiger partial charge in [-0.1, -0.05) is 13.8 Å². The van der Waals surface area contributed by atoms with Gasteiger partial charge in [0.05, 0.1) is 36.6 Å². The topological polar surface area (TPSA) is 43.5 Å². The van der Waals surface area contributed by atoms with Gasteiger partial charge in [0, 0.05) is 11.3 Å². The SMILES string of the molecule is CC1C(C2OCC3(CO2)CC2OC2(C)CC3C)CCC2(C)OC12.